The highest BCUT2D eigenvalue weighted by molar-refractivity contribution is 9.10. The Kier molecular flexibility index (Phi) is 8.98. The van der Waals surface area contributed by atoms with Gasteiger partial charge in [0.2, 0.25) is 0 Å². The lowest BCUT2D eigenvalue weighted by Crippen LogP contribution is -2.13. The number of hydrogen-bond acceptors (Lipinski definition) is 1. The molecule has 30 heavy (non-hydrogen) atoms. The van der Waals surface area contributed by atoms with Crippen LogP contribution < -0.4 is 5.46 Å². The van der Waals surface area contributed by atoms with Crippen molar-refractivity contribution in [1.29, 1.82) is 0 Å². The fraction of sp³-hybridized carbons (Fsp3) is 0.192. The van der Waals surface area contributed by atoms with Crippen LogP contribution >= 0.6 is 15.9 Å². The van der Waals surface area contributed by atoms with E-state index in [0.717, 1.165) is 22.9 Å². The molecule has 0 N–H and O–H groups in total. The Morgan fingerprint density at radius 3 is 2.10 bits per heavy atom. The predicted molar refractivity (Wildman–Crippen MR) is 132 cm³/mol. The van der Waals surface area contributed by atoms with Crippen LogP contribution in [-0.2, 0) is 12.8 Å². The monoisotopic (exact) mass is 457 g/mol. The van der Waals surface area contributed by atoms with Gasteiger partial charge >= 0.3 is 0 Å². The van der Waals surface area contributed by atoms with Crippen molar-refractivity contribution in [2.24, 2.45) is 0 Å². The van der Waals surface area contributed by atoms with Crippen LogP contribution in [0.15, 0.2) is 102 Å². The normalized spacial score (nSPS) is 10.2. The van der Waals surface area contributed by atoms with Gasteiger partial charge in [0.25, 0.3) is 0 Å². The summed E-state index contributed by atoms with van der Waals surface area (Å²) < 4.78 is 3.05. The fourth-order valence-corrected chi connectivity index (χ4v) is 3.45. The molecule has 0 atom stereocenters. The third kappa shape index (κ3) is 7.35. The average Bonchev–Trinajstić information content (AvgIpc) is 3.32. The first kappa shape index (κ1) is 22.1. The van der Waals surface area contributed by atoms with Crippen LogP contribution in [0.5, 0.6) is 0 Å². The van der Waals surface area contributed by atoms with E-state index in [-0.39, 0.29) is 0 Å². The second-order valence-electron chi connectivity index (χ2n) is 7.17. The Labute approximate surface area is 189 Å². The highest BCUT2D eigenvalue weighted by Crippen LogP contribution is 2.13. The standard InChI is InChI=1S/C17H20B.C9H7BrN2/c1-2-6-15-9-11-16(12-10-15)13-14-18-17-7-4-3-5-8-17;10-8-1-3-9(4-2-8)12-6-5-11-7-12/h3-5,7-12H,2,6,13-14H2,1H3;1-7H. The molecule has 0 fully saturated rings. The summed E-state index contributed by atoms with van der Waals surface area (Å²) in [6.45, 7) is 2.22. The number of rotatable bonds is 7. The van der Waals surface area contributed by atoms with Crippen LogP contribution in [0.1, 0.15) is 24.5 Å². The summed E-state index contributed by atoms with van der Waals surface area (Å²) in [7, 11) is 2.31. The van der Waals surface area contributed by atoms with E-state index >= 15 is 0 Å². The van der Waals surface area contributed by atoms with Crippen LogP contribution in [-0.4, -0.2) is 16.8 Å². The van der Waals surface area contributed by atoms with Crippen molar-refractivity contribution in [3.63, 3.8) is 0 Å². The van der Waals surface area contributed by atoms with Gasteiger partial charge in [0, 0.05) is 22.6 Å². The molecule has 0 bridgehead atoms. The molecule has 1 heterocycles. The van der Waals surface area contributed by atoms with E-state index in [0.29, 0.717) is 0 Å². The van der Waals surface area contributed by atoms with Crippen LogP contribution in [0.25, 0.3) is 5.69 Å². The predicted octanol–water partition coefficient (Wildman–Crippen LogP) is 6.26. The Hall–Kier alpha value is -2.59. The highest BCUT2D eigenvalue weighted by atomic mass is 79.9. The second-order valence-corrected chi connectivity index (χ2v) is 8.08. The number of benzene rings is 3. The summed E-state index contributed by atoms with van der Waals surface area (Å²) in [4.78, 5) is 3.97. The fourth-order valence-electron chi connectivity index (χ4n) is 3.18. The lowest BCUT2D eigenvalue weighted by atomic mass is 9.66. The van der Waals surface area contributed by atoms with Crippen molar-refractivity contribution in [3.05, 3.63) is 113 Å². The first-order valence-electron chi connectivity index (χ1n) is 10.4. The summed E-state index contributed by atoms with van der Waals surface area (Å²) in [5.41, 5.74) is 5.33. The molecule has 0 aliphatic carbocycles. The molecule has 1 radical (unpaired) electrons. The van der Waals surface area contributed by atoms with Gasteiger partial charge in [-0.15, -0.1) is 0 Å². The van der Waals surface area contributed by atoms with Crippen molar-refractivity contribution in [2.75, 3.05) is 0 Å². The van der Waals surface area contributed by atoms with E-state index in [1.54, 1.807) is 12.5 Å². The number of nitrogens with zero attached hydrogens (tertiary/aromatic N) is 2. The van der Waals surface area contributed by atoms with E-state index in [2.05, 4.69) is 89.7 Å². The second kappa shape index (κ2) is 12.2. The first-order valence-corrected chi connectivity index (χ1v) is 11.2. The quantitative estimate of drug-likeness (QED) is 0.299. The Morgan fingerprint density at radius 1 is 0.833 bits per heavy atom. The molecule has 3 aromatic carbocycles. The lowest BCUT2D eigenvalue weighted by Gasteiger charge is -2.03. The molecule has 1 aromatic heterocycles. The van der Waals surface area contributed by atoms with Gasteiger partial charge in [-0.05, 0) is 48.2 Å². The zero-order chi connectivity index (χ0) is 21.0. The molecule has 0 saturated heterocycles. The molecule has 4 rings (SSSR count). The summed E-state index contributed by atoms with van der Waals surface area (Å²) >= 11 is 3.38. The minimum Gasteiger partial charge on any atom is -0.306 e. The molecule has 0 saturated carbocycles. The van der Waals surface area contributed by atoms with Gasteiger partial charge in [0.05, 0.1) is 6.33 Å². The van der Waals surface area contributed by atoms with Gasteiger partial charge in [-0.3, -0.25) is 0 Å². The molecule has 0 unspecified atom stereocenters. The van der Waals surface area contributed by atoms with Gasteiger partial charge in [0.15, 0.2) is 7.28 Å². The van der Waals surface area contributed by atoms with Crippen LogP contribution in [0.3, 0.4) is 0 Å². The number of halogens is 1. The molecule has 151 valence electrons. The summed E-state index contributed by atoms with van der Waals surface area (Å²) in [5.74, 6) is 0. The average molecular weight is 458 g/mol. The van der Waals surface area contributed by atoms with Gasteiger partial charge in [-0.25, -0.2) is 4.98 Å². The maximum Gasteiger partial charge on any atom is 0.151 e. The largest absolute Gasteiger partial charge is 0.306 e. The van der Waals surface area contributed by atoms with Crippen molar-refractivity contribution in [3.8, 4) is 5.69 Å². The first-order chi connectivity index (χ1) is 14.7. The summed E-state index contributed by atoms with van der Waals surface area (Å²) in [5, 5.41) is 0. The third-order valence-electron chi connectivity index (χ3n) is 4.80. The minimum atomic E-state index is 1.09. The molecule has 0 spiro atoms. The van der Waals surface area contributed by atoms with Gasteiger partial charge in [-0.2, -0.15) is 0 Å². The SMILES string of the molecule is Brc1ccc(-n2ccnc2)cc1.CCCc1ccc(CC[B]c2ccccc2)cc1. The minimum absolute atomic E-state index is 1.09. The van der Waals surface area contributed by atoms with E-state index < -0.39 is 0 Å². The number of aryl methyl sites for hydroxylation is 2. The molecule has 4 heteroatoms. The Morgan fingerprint density at radius 2 is 1.50 bits per heavy atom. The van der Waals surface area contributed by atoms with Crippen molar-refractivity contribution in [1.82, 2.24) is 9.55 Å². The van der Waals surface area contributed by atoms with Crippen molar-refractivity contribution >= 4 is 28.7 Å². The molecular weight excluding hydrogens is 431 g/mol. The third-order valence-corrected chi connectivity index (χ3v) is 5.33. The topological polar surface area (TPSA) is 17.8 Å². The summed E-state index contributed by atoms with van der Waals surface area (Å²) in [6.07, 6.45) is 10.1. The zero-order valence-corrected chi connectivity index (χ0v) is 19.0. The Balaban J connectivity index is 0.000000184. The maximum atomic E-state index is 3.97. The van der Waals surface area contributed by atoms with Crippen LogP contribution in [0.4, 0.5) is 0 Å². The number of imidazole rings is 1. The molecule has 2 nitrogen and oxygen atoms in total. The molecular formula is C26H27BBrN2. The van der Waals surface area contributed by atoms with Crippen molar-refractivity contribution < 1.29 is 0 Å². The van der Waals surface area contributed by atoms with E-state index in [1.807, 2.05) is 35.0 Å². The van der Waals surface area contributed by atoms with Crippen LogP contribution in [0, 0.1) is 0 Å². The Bertz CT molecular complexity index is 966. The number of aromatic nitrogens is 2. The molecule has 0 aliphatic rings. The molecule has 0 amide bonds. The van der Waals surface area contributed by atoms with Gasteiger partial charge in [0.1, 0.15) is 0 Å². The van der Waals surface area contributed by atoms with E-state index in [1.165, 1.54) is 29.4 Å². The van der Waals surface area contributed by atoms with Gasteiger partial charge < -0.3 is 4.57 Å². The zero-order valence-electron chi connectivity index (χ0n) is 17.4. The summed E-state index contributed by atoms with van der Waals surface area (Å²) in [6, 6.07) is 27.7. The lowest BCUT2D eigenvalue weighted by molar-refractivity contribution is 0.920. The maximum absolute atomic E-state index is 3.97. The number of hydrogen-bond donors (Lipinski definition) is 0. The smallest absolute Gasteiger partial charge is 0.151 e. The molecule has 4 aromatic rings. The van der Waals surface area contributed by atoms with Gasteiger partial charge in [-0.1, -0.05) is 95.7 Å². The molecule has 0 aliphatic heterocycles. The van der Waals surface area contributed by atoms with Crippen molar-refractivity contribution in [2.45, 2.75) is 32.5 Å². The highest BCUT2D eigenvalue weighted by Gasteiger charge is 1.98. The van der Waals surface area contributed by atoms with E-state index in [4.69, 9.17) is 0 Å². The van der Waals surface area contributed by atoms with E-state index in [9.17, 15) is 0 Å². The van der Waals surface area contributed by atoms with Crippen LogP contribution in [0.2, 0.25) is 6.32 Å².